The molecule has 1 aromatic heterocycles. The number of hydrogen-bond donors (Lipinski definition) is 0. The summed E-state index contributed by atoms with van der Waals surface area (Å²) in [5.74, 6) is 2.17. The summed E-state index contributed by atoms with van der Waals surface area (Å²) in [7, 11) is 0. The SMILES string of the molecule is Cc1nc(C(C)C)oc1C. The lowest BCUT2D eigenvalue weighted by Crippen LogP contribution is -1.85. The number of aromatic nitrogens is 1. The van der Waals surface area contributed by atoms with E-state index in [1.54, 1.807) is 0 Å². The first-order valence-corrected chi connectivity index (χ1v) is 3.55. The quantitative estimate of drug-likeness (QED) is 0.597. The third kappa shape index (κ3) is 1.20. The van der Waals surface area contributed by atoms with Gasteiger partial charge in [-0.1, -0.05) is 13.8 Å². The van der Waals surface area contributed by atoms with E-state index in [0.29, 0.717) is 5.92 Å². The van der Waals surface area contributed by atoms with Gasteiger partial charge in [0.1, 0.15) is 5.76 Å². The highest BCUT2D eigenvalue weighted by Crippen LogP contribution is 2.16. The Bertz CT molecular complexity index is 206. The molecule has 0 aromatic carbocycles. The third-order valence-corrected chi connectivity index (χ3v) is 1.54. The van der Waals surface area contributed by atoms with Crippen LogP contribution in [-0.2, 0) is 0 Å². The van der Waals surface area contributed by atoms with Gasteiger partial charge in [0.25, 0.3) is 0 Å². The molecule has 2 nitrogen and oxygen atoms in total. The van der Waals surface area contributed by atoms with Crippen molar-refractivity contribution in [2.24, 2.45) is 0 Å². The monoisotopic (exact) mass is 139 g/mol. The summed E-state index contributed by atoms with van der Waals surface area (Å²) in [6.07, 6.45) is 0. The molecule has 0 N–H and O–H groups in total. The van der Waals surface area contributed by atoms with Crippen LogP contribution in [0.2, 0.25) is 0 Å². The molecule has 0 amide bonds. The van der Waals surface area contributed by atoms with Crippen molar-refractivity contribution in [1.29, 1.82) is 0 Å². The van der Waals surface area contributed by atoms with E-state index in [4.69, 9.17) is 4.42 Å². The molecule has 0 radical (unpaired) electrons. The predicted molar refractivity (Wildman–Crippen MR) is 40.1 cm³/mol. The first-order chi connectivity index (χ1) is 4.61. The Balaban J connectivity index is 2.98. The molecule has 2 heteroatoms. The second-order valence-electron chi connectivity index (χ2n) is 2.85. The van der Waals surface area contributed by atoms with Crippen molar-refractivity contribution >= 4 is 0 Å². The highest BCUT2D eigenvalue weighted by molar-refractivity contribution is 5.06. The summed E-state index contributed by atoms with van der Waals surface area (Å²) in [4.78, 5) is 4.24. The Kier molecular flexibility index (Phi) is 1.79. The van der Waals surface area contributed by atoms with Gasteiger partial charge in [0, 0.05) is 5.92 Å². The summed E-state index contributed by atoms with van der Waals surface area (Å²) in [5, 5.41) is 0. The molecule has 0 spiro atoms. The average molecular weight is 139 g/mol. The Morgan fingerprint density at radius 2 is 1.90 bits per heavy atom. The van der Waals surface area contributed by atoms with Gasteiger partial charge in [-0.05, 0) is 13.8 Å². The van der Waals surface area contributed by atoms with E-state index in [0.717, 1.165) is 17.3 Å². The minimum atomic E-state index is 0.396. The molecule has 0 aliphatic heterocycles. The van der Waals surface area contributed by atoms with Crippen molar-refractivity contribution in [1.82, 2.24) is 4.98 Å². The molecule has 0 bridgehead atoms. The van der Waals surface area contributed by atoms with Crippen LogP contribution < -0.4 is 0 Å². The molecule has 56 valence electrons. The lowest BCUT2D eigenvalue weighted by atomic mass is 10.2. The van der Waals surface area contributed by atoms with Crippen LogP contribution in [0.15, 0.2) is 4.42 Å². The summed E-state index contributed by atoms with van der Waals surface area (Å²) in [5.41, 5.74) is 1.00. The van der Waals surface area contributed by atoms with Crippen LogP contribution in [0.5, 0.6) is 0 Å². The molecule has 1 aromatic rings. The van der Waals surface area contributed by atoms with Crippen molar-refractivity contribution in [3.05, 3.63) is 17.3 Å². The minimum Gasteiger partial charge on any atom is -0.445 e. The summed E-state index contributed by atoms with van der Waals surface area (Å²) in [6.45, 7) is 8.05. The van der Waals surface area contributed by atoms with Crippen molar-refractivity contribution in [2.45, 2.75) is 33.6 Å². The van der Waals surface area contributed by atoms with E-state index in [1.807, 2.05) is 13.8 Å². The molecule has 0 atom stereocenters. The van der Waals surface area contributed by atoms with Crippen molar-refractivity contribution < 1.29 is 4.42 Å². The molecular formula is C8H13NO. The van der Waals surface area contributed by atoms with Gasteiger partial charge in [-0.25, -0.2) is 4.98 Å². The van der Waals surface area contributed by atoms with E-state index in [2.05, 4.69) is 18.8 Å². The van der Waals surface area contributed by atoms with Crippen LogP contribution in [0.1, 0.15) is 37.1 Å². The fourth-order valence-electron chi connectivity index (χ4n) is 0.744. The zero-order chi connectivity index (χ0) is 7.72. The zero-order valence-electron chi connectivity index (χ0n) is 6.93. The van der Waals surface area contributed by atoms with Gasteiger partial charge in [0.05, 0.1) is 5.69 Å². The minimum absolute atomic E-state index is 0.396. The van der Waals surface area contributed by atoms with Gasteiger partial charge in [-0.15, -0.1) is 0 Å². The van der Waals surface area contributed by atoms with Gasteiger partial charge >= 0.3 is 0 Å². The van der Waals surface area contributed by atoms with Crippen molar-refractivity contribution in [2.75, 3.05) is 0 Å². The van der Waals surface area contributed by atoms with Crippen LogP contribution in [0.4, 0.5) is 0 Å². The smallest absolute Gasteiger partial charge is 0.197 e. The molecule has 0 unspecified atom stereocenters. The highest BCUT2D eigenvalue weighted by Gasteiger charge is 2.07. The van der Waals surface area contributed by atoms with Crippen LogP contribution in [-0.4, -0.2) is 4.98 Å². The molecule has 10 heavy (non-hydrogen) atoms. The topological polar surface area (TPSA) is 26.0 Å². The van der Waals surface area contributed by atoms with Crippen LogP contribution in [0.3, 0.4) is 0 Å². The number of rotatable bonds is 1. The maximum Gasteiger partial charge on any atom is 0.197 e. The zero-order valence-corrected chi connectivity index (χ0v) is 6.93. The van der Waals surface area contributed by atoms with Crippen molar-refractivity contribution in [3.8, 4) is 0 Å². The molecular weight excluding hydrogens is 126 g/mol. The summed E-state index contributed by atoms with van der Waals surface area (Å²) in [6, 6.07) is 0. The molecule has 0 fully saturated rings. The van der Waals surface area contributed by atoms with E-state index in [9.17, 15) is 0 Å². The first-order valence-electron chi connectivity index (χ1n) is 3.55. The van der Waals surface area contributed by atoms with E-state index >= 15 is 0 Å². The Morgan fingerprint density at radius 1 is 1.30 bits per heavy atom. The fraction of sp³-hybridized carbons (Fsp3) is 0.625. The Hall–Kier alpha value is -0.790. The number of hydrogen-bond acceptors (Lipinski definition) is 2. The molecule has 0 saturated heterocycles. The molecule has 1 heterocycles. The molecule has 0 aliphatic rings. The Labute approximate surface area is 61.3 Å². The average Bonchev–Trinajstić information content (AvgIpc) is 2.13. The van der Waals surface area contributed by atoms with Gasteiger partial charge < -0.3 is 4.42 Å². The van der Waals surface area contributed by atoms with Crippen LogP contribution >= 0.6 is 0 Å². The van der Waals surface area contributed by atoms with E-state index in [-0.39, 0.29) is 0 Å². The van der Waals surface area contributed by atoms with Gasteiger partial charge in [-0.3, -0.25) is 0 Å². The number of oxazole rings is 1. The molecule has 1 rings (SSSR count). The van der Waals surface area contributed by atoms with Gasteiger partial charge in [0.15, 0.2) is 5.89 Å². The van der Waals surface area contributed by atoms with Crippen molar-refractivity contribution in [3.63, 3.8) is 0 Å². The first kappa shape index (κ1) is 7.32. The van der Waals surface area contributed by atoms with Gasteiger partial charge in [0.2, 0.25) is 0 Å². The number of aryl methyl sites for hydroxylation is 2. The lowest BCUT2D eigenvalue weighted by Gasteiger charge is -1.93. The number of nitrogens with zero attached hydrogens (tertiary/aromatic N) is 1. The molecule has 0 aliphatic carbocycles. The lowest BCUT2D eigenvalue weighted by molar-refractivity contribution is 0.450. The van der Waals surface area contributed by atoms with Crippen LogP contribution in [0, 0.1) is 13.8 Å². The summed E-state index contributed by atoms with van der Waals surface area (Å²) >= 11 is 0. The Morgan fingerprint density at radius 3 is 2.10 bits per heavy atom. The standard InChI is InChI=1S/C8H13NO/c1-5(2)8-9-6(3)7(4)10-8/h5H,1-4H3. The maximum absolute atomic E-state index is 5.36. The van der Waals surface area contributed by atoms with E-state index < -0.39 is 0 Å². The highest BCUT2D eigenvalue weighted by atomic mass is 16.4. The molecule has 0 saturated carbocycles. The van der Waals surface area contributed by atoms with Crippen LogP contribution in [0.25, 0.3) is 0 Å². The van der Waals surface area contributed by atoms with Gasteiger partial charge in [-0.2, -0.15) is 0 Å². The second kappa shape index (κ2) is 2.45. The normalized spacial score (nSPS) is 10.9. The maximum atomic E-state index is 5.36. The fourth-order valence-corrected chi connectivity index (χ4v) is 0.744. The second-order valence-corrected chi connectivity index (χ2v) is 2.85. The third-order valence-electron chi connectivity index (χ3n) is 1.54. The predicted octanol–water partition coefficient (Wildman–Crippen LogP) is 2.41. The largest absolute Gasteiger partial charge is 0.445 e. The summed E-state index contributed by atoms with van der Waals surface area (Å²) < 4.78 is 5.36. The van der Waals surface area contributed by atoms with E-state index in [1.165, 1.54) is 0 Å².